The van der Waals surface area contributed by atoms with Crippen LogP contribution in [0.4, 0.5) is 4.39 Å². The van der Waals surface area contributed by atoms with Gasteiger partial charge in [-0.3, -0.25) is 9.20 Å². The fraction of sp³-hybridized carbons (Fsp3) is 0.143. The lowest BCUT2D eigenvalue weighted by Gasteiger charge is -2.04. The molecule has 0 aliphatic carbocycles. The summed E-state index contributed by atoms with van der Waals surface area (Å²) in [6.45, 7) is 0.349. The Balaban J connectivity index is 1.59. The summed E-state index contributed by atoms with van der Waals surface area (Å²) in [7, 11) is 0. The van der Waals surface area contributed by atoms with Gasteiger partial charge < -0.3 is 5.32 Å². The number of amides is 1. The van der Waals surface area contributed by atoms with E-state index in [1.807, 2.05) is 22.2 Å². The van der Waals surface area contributed by atoms with Crippen LogP contribution in [0.2, 0.25) is 0 Å². The quantitative estimate of drug-likeness (QED) is 0.801. The molecule has 0 spiro atoms. The summed E-state index contributed by atoms with van der Waals surface area (Å²) in [5.41, 5.74) is 1.19. The number of hydrogen-bond donors (Lipinski definition) is 1. The molecule has 3 aromatic rings. The largest absolute Gasteiger partial charge is 0.350 e. The van der Waals surface area contributed by atoms with E-state index < -0.39 is 0 Å². The standard InChI is InChI=1S/C14H12FN3OS/c15-12-4-2-1-3-10(12)7-13(19)16-8-11-9-18-5-6-20-14(18)17-11/h1-6,9H,7-8H2,(H,16,19). The molecule has 0 saturated carbocycles. The van der Waals surface area contributed by atoms with Crippen LogP contribution in [0.25, 0.3) is 4.96 Å². The molecular formula is C14H12FN3OS. The summed E-state index contributed by atoms with van der Waals surface area (Å²) >= 11 is 1.54. The lowest BCUT2D eigenvalue weighted by molar-refractivity contribution is -0.120. The maximum atomic E-state index is 13.4. The number of hydrogen-bond acceptors (Lipinski definition) is 3. The number of nitrogens with zero attached hydrogens (tertiary/aromatic N) is 2. The van der Waals surface area contributed by atoms with Crippen LogP contribution in [-0.4, -0.2) is 15.3 Å². The Labute approximate surface area is 118 Å². The van der Waals surface area contributed by atoms with Crippen molar-refractivity contribution in [1.29, 1.82) is 0 Å². The molecule has 0 atom stereocenters. The van der Waals surface area contributed by atoms with Gasteiger partial charge in [-0.1, -0.05) is 18.2 Å². The van der Waals surface area contributed by atoms with Gasteiger partial charge in [0, 0.05) is 17.8 Å². The highest BCUT2D eigenvalue weighted by Gasteiger charge is 2.08. The topological polar surface area (TPSA) is 46.4 Å². The first-order valence-corrected chi connectivity index (χ1v) is 7.01. The number of fused-ring (bicyclic) bond motifs is 1. The number of rotatable bonds is 4. The molecule has 0 aliphatic rings. The average Bonchev–Trinajstić information content (AvgIpc) is 3.00. The van der Waals surface area contributed by atoms with Gasteiger partial charge in [0.05, 0.1) is 18.7 Å². The Hall–Kier alpha value is -2.21. The normalized spacial score (nSPS) is 10.8. The highest BCUT2D eigenvalue weighted by Crippen LogP contribution is 2.11. The van der Waals surface area contributed by atoms with E-state index in [1.54, 1.807) is 18.2 Å². The van der Waals surface area contributed by atoms with Gasteiger partial charge >= 0.3 is 0 Å². The second-order valence-corrected chi connectivity index (χ2v) is 5.24. The number of aromatic nitrogens is 2. The SMILES string of the molecule is O=C(Cc1ccccc1F)NCc1cn2ccsc2n1. The molecule has 3 rings (SSSR count). The van der Waals surface area contributed by atoms with Crippen molar-refractivity contribution in [2.75, 3.05) is 0 Å². The van der Waals surface area contributed by atoms with Crippen LogP contribution in [0, 0.1) is 5.82 Å². The molecule has 1 aromatic carbocycles. The summed E-state index contributed by atoms with van der Waals surface area (Å²) in [5.74, 6) is -0.573. The first-order chi connectivity index (χ1) is 9.72. The van der Waals surface area contributed by atoms with E-state index in [4.69, 9.17) is 0 Å². The van der Waals surface area contributed by atoms with Gasteiger partial charge in [-0.2, -0.15) is 0 Å². The minimum Gasteiger partial charge on any atom is -0.350 e. The molecule has 2 heterocycles. The van der Waals surface area contributed by atoms with Gasteiger partial charge in [0.1, 0.15) is 5.82 Å². The van der Waals surface area contributed by atoms with Crippen LogP contribution in [0.3, 0.4) is 0 Å². The summed E-state index contributed by atoms with van der Waals surface area (Å²) in [4.78, 5) is 17.0. The smallest absolute Gasteiger partial charge is 0.224 e. The van der Waals surface area contributed by atoms with Gasteiger partial charge in [-0.25, -0.2) is 9.37 Å². The van der Waals surface area contributed by atoms with E-state index in [0.29, 0.717) is 12.1 Å². The average molecular weight is 289 g/mol. The van der Waals surface area contributed by atoms with E-state index in [9.17, 15) is 9.18 Å². The van der Waals surface area contributed by atoms with E-state index in [0.717, 1.165) is 10.7 Å². The van der Waals surface area contributed by atoms with Crippen molar-refractivity contribution in [3.8, 4) is 0 Å². The zero-order chi connectivity index (χ0) is 13.9. The van der Waals surface area contributed by atoms with Crippen molar-refractivity contribution in [1.82, 2.24) is 14.7 Å². The zero-order valence-corrected chi connectivity index (χ0v) is 11.4. The number of imidazole rings is 1. The van der Waals surface area contributed by atoms with Crippen molar-refractivity contribution in [3.05, 3.63) is 59.1 Å². The van der Waals surface area contributed by atoms with Gasteiger partial charge in [-0.15, -0.1) is 11.3 Å². The summed E-state index contributed by atoms with van der Waals surface area (Å²) in [6.07, 6.45) is 3.82. The highest BCUT2D eigenvalue weighted by molar-refractivity contribution is 7.15. The van der Waals surface area contributed by atoms with Crippen LogP contribution in [-0.2, 0) is 17.8 Å². The second-order valence-electron chi connectivity index (χ2n) is 4.37. The van der Waals surface area contributed by atoms with Crippen molar-refractivity contribution in [3.63, 3.8) is 0 Å². The minimum absolute atomic E-state index is 0.0366. The first-order valence-electron chi connectivity index (χ1n) is 6.13. The van der Waals surface area contributed by atoms with Crippen LogP contribution in [0.1, 0.15) is 11.3 Å². The van der Waals surface area contributed by atoms with E-state index >= 15 is 0 Å². The molecule has 0 saturated heterocycles. The fourth-order valence-corrected chi connectivity index (χ4v) is 2.65. The predicted molar refractivity (Wildman–Crippen MR) is 75.0 cm³/mol. The number of carbonyl (C=O) groups is 1. The number of carbonyl (C=O) groups excluding carboxylic acids is 1. The molecule has 0 radical (unpaired) electrons. The monoisotopic (exact) mass is 289 g/mol. The number of nitrogens with one attached hydrogen (secondary N) is 1. The molecule has 1 N–H and O–H groups in total. The van der Waals surface area contributed by atoms with E-state index in [2.05, 4.69) is 10.3 Å². The Morgan fingerprint density at radius 2 is 2.25 bits per heavy atom. The maximum Gasteiger partial charge on any atom is 0.224 e. The number of thiazole rings is 1. The lowest BCUT2D eigenvalue weighted by atomic mass is 10.1. The molecule has 6 heteroatoms. The molecule has 102 valence electrons. The Morgan fingerprint density at radius 3 is 3.05 bits per heavy atom. The lowest BCUT2D eigenvalue weighted by Crippen LogP contribution is -2.25. The molecule has 0 unspecified atom stereocenters. The van der Waals surface area contributed by atoms with Gasteiger partial charge in [-0.05, 0) is 11.6 Å². The van der Waals surface area contributed by atoms with Crippen molar-refractivity contribution in [2.45, 2.75) is 13.0 Å². The third-order valence-corrected chi connectivity index (χ3v) is 3.69. The third kappa shape index (κ3) is 2.70. The minimum atomic E-state index is -0.356. The maximum absolute atomic E-state index is 13.4. The van der Waals surface area contributed by atoms with E-state index in [-0.39, 0.29) is 18.1 Å². The molecule has 4 nitrogen and oxygen atoms in total. The summed E-state index contributed by atoms with van der Waals surface area (Å²) in [6, 6.07) is 6.29. The zero-order valence-electron chi connectivity index (χ0n) is 10.5. The molecular weight excluding hydrogens is 277 g/mol. The van der Waals surface area contributed by atoms with Crippen LogP contribution >= 0.6 is 11.3 Å². The second kappa shape index (κ2) is 5.42. The molecule has 0 aliphatic heterocycles. The van der Waals surface area contributed by atoms with Crippen molar-refractivity contribution < 1.29 is 9.18 Å². The molecule has 20 heavy (non-hydrogen) atoms. The van der Waals surface area contributed by atoms with Crippen molar-refractivity contribution >= 4 is 22.2 Å². The van der Waals surface area contributed by atoms with E-state index in [1.165, 1.54) is 17.4 Å². The van der Waals surface area contributed by atoms with Crippen LogP contribution in [0.5, 0.6) is 0 Å². The van der Waals surface area contributed by atoms with Crippen molar-refractivity contribution in [2.24, 2.45) is 0 Å². The third-order valence-electron chi connectivity index (χ3n) is 2.92. The predicted octanol–water partition coefficient (Wildman–Crippen LogP) is 2.39. The Kier molecular flexibility index (Phi) is 3.47. The van der Waals surface area contributed by atoms with Gasteiger partial charge in [0.2, 0.25) is 5.91 Å². The number of benzene rings is 1. The fourth-order valence-electron chi connectivity index (χ4n) is 1.93. The molecule has 1 amide bonds. The molecule has 2 aromatic heterocycles. The highest BCUT2D eigenvalue weighted by atomic mass is 32.1. The van der Waals surface area contributed by atoms with Crippen LogP contribution < -0.4 is 5.32 Å². The summed E-state index contributed by atoms with van der Waals surface area (Å²) < 4.78 is 15.3. The first kappa shape index (κ1) is 12.8. The van der Waals surface area contributed by atoms with Crippen LogP contribution in [0.15, 0.2) is 42.0 Å². The summed E-state index contributed by atoms with van der Waals surface area (Å²) in [5, 5.41) is 4.70. The van der Waals surface area contributed by atoms with Gasteiger partial charge in [0.15, 0.2) is 4.96 Å². The number of halogens is 1. The Bertz CT molecular complexity index is 721. The Morgan fingerprint density at radius 1 is 1.40 bits per heavy atom. The molecule has 0 bridgehead atoms. The van der Waals surface area contributed by atoms with Gasteiger partial charge in [0.25, 0.3) is 0 Å². The molecule has 0 fully saturated rings.